The number of anilines is 3. The van der Waals surface area contributed by atoms with Crippen LogP contribution >= 0.6 is 0 Å². The minimum absolute atomic E-state index is 0.218. The molecule has 7 heteroatoms. The third-order valence-electron chi connectivity index (χ3n) is 4.28. The number of nitrogens with one attached hydrogen (secondary N) is 2. The molecule has 0 atom stereocenters. The van der Waals surface area contributed by atoms with Crippen LogP contribution in [0, 0.1) is 5.92 Å². The summed E-state index contributed by atoms with van der Waals surface area (Å²) in [4.78, 5) is 0.218. The molecule has 0 saturated carbocycles. The number of benzene rings is 2. The normalized spacial score (nSPS) is 15.7. The number of hydrogen-bond acceptors (Lipinski definition) is 5. The minimum atomic E-state index is -3.61. The van der Waals surface area contributed by atoms with Crippen LogP contribution in [0.2, 0.25) is 0 Å². The van der Waals surface area contributed by atoms with Crippen LogP contribution in [0.15, 0.2) is 53.4 Å². The van der Waals surface area contributed by atoms with Gasteiger partial charge in [0.05, 0.1) is 22.0 Å². The lowest BCUT2D eigenvalue weighted by atomic mass is 10.0. The van der Waals surface area contributed by atoms with Gasteiger partial charge in [0.2, 0.25) is 0 Å². The van der Waals surface area contributed by atoms with Crippen molar-refractivity contribution in [1.82, 2.24) is 0 Å². The highest BCUT2D eigenvalue weighted by molar-refractivity contribution is 7.92. The Kier molecular flexibility index (Phi) is 5.45. The highest BCUT2D eigenvalue weighted by atomic mass is 32.2. The van der Waals surface area contributed by atoms with Crippen molar-refractivity contribution in [2.45, 2.75) is 17.7 Å². The fraction of sp³-hybridized carbons (Fsp3) is 0.333. The Balaban J connectivity index is 1.65. The Morgan fingerprint density at radius 1 is 1.08 bits per heavy atom. The van der Waals surface area contributed by atoms with E-state index in [1.807, 2.05) is 0 Å². The minimum Gasteiger partial charge on any atom is -0.397 e. The Morgan fingerprint density at radius 2 is 1.80 bits per heavy atom. The summed E-state index contributed by atoms with van der Waals surface area (Å²) in [6, 6.07) is 13.4. The molecule has 25 heavy (non-hydrogen) atoms. The maximum atomic E-state index is 12.4. The van der Waals surface area contributed by atoms with Gasteiger partial charge in [0, 0.05) is 19.8 Å². The summed E-state index contributed by atoms with van der Waals surface area (Å²) in [5, 5.41) is 3.35. The van der Waals surface area contributed by atoms with Crippen molar-refractivity contribution in [2.24, 2.45) is 5.92 Å². The van der Waals surface area contributed by atoms with Crippen LogP contribution in [-0.2, 0) is 14.8 Å². The van der Waals surface area contributed by atoms with Crippen molar-refractivity contribution in [3.05, 3.63) is 48.5 Å². The zero-order valence-corrected chi connectivity index (χ0v) is 14.8. The molecule has 0 amide bonds. The highest BCUT2D eigenvalue weighted by Gasteiger charge is 2.15. The van der Waals surface area contributed by atoms with Crippen LogP contribution in [-0.4, -0.2) is 28.2 Å². The first-order valence-corrected chi connectivity index (χ1v) is 9.82. The third-order valence-corrected chi connectivity index (χ3v) is 5.68. The summed E-state index contributed by atoms with van der Waals surface area (Å²) in [6.07, 6.45) is 2.09. The zero-order chi connectivity index (χ0) is 17.7. The maximum Gasteiger partial charge on any atom is 0.261 e. The topological polar surface area (TPSA) is 93.5 Å². The van der Waals surface area contributed by atoms with Crippen molar-refractivity contribution in [1.29, 1.82) is 0 Å². The van der Waals surface area contributed by atoms with Gasteiger partial charge in [-0.05, 0) is 49.1 Å². The Morgan fingerprint density at radius 3 is 2.48 bits per heavy atom. The molecule has 1 aliphatic heterocycles. The predicted molar refractivity (Wildman–Crippen MR) is 100 cm³/mol. The quantitative estimate of drug-likeness (QED) is 0.688. The lowest BCUT2D eigenvalue weighted by Gasteiger charge is -2.23. The van der Waals surface area contributed by atoms with Gasteiger partial charge in [0.1, 0.15) is 0 Å². The van der Waals surface area contributed by atoms with Crippen molar-refractivity contribution < 1.29 is 13.2 Å². The van der Waals surface area contributed by atoms with Gasteiger partial charge in [-0.2, -0.15) is 0 Å². The molecule has 0 spiro atoms. The van der Waals surface area contributed by atoms with E-state index < -0.39 is 10.0 Å². The highest BCUT2D eigenvalue weighted by Crippen LogP contribution is 2.26. The lowest BCUT2D eigenvalue weighted by Crippen LogP contribution is -2.23. The van der Waals surface area contributed by atoms with E-state index in [2.05, 4.69) is 10.0 Å². The molecule has 1 saturated heterocycles. The standard InChI is InChI=1S/C18H23N3O3S/c19-17-12-15(21-25(22,23)16-4-2-1-3-5-16)6-7-18(17)20-13-14-8-10-24-11-9-14/h1-7,12,14,20-21H,8-11,13,19H2. The summed E-state index contributed by atoms with van der Waals surface area (Å²) >= 11 is 0. The molecule has 4 N–H and O–H groups in total. The molecule has 1 heterocycles. The summed E-state index contributed by atoms with van der Waals surface area (Å²) in [6.45, 7) is 2.45. The molecule has 0 unspecified atom stereocenters. The van der Waals surface area contributed by atoms with Crippen LogP contribution < -0.4 is 15.8 Å². The number of sulfonamides is 1. The van der Waals surface area contributed by atoms with Crippen LogP contribution in [0.1, 0.15) is 12.8 Å². The number of hydrogen-bond donors (Lipinski definition) is 3. The van der Waals surface area contributed by atoms with E-state index >= 15 is 0 Å². The maximum absolute atomic E-state index is 12.4. The number of ether oxygens (including phenoxy) is 1. The molecule has 0 bridgehead atoms. The summed E-state index contributed by atoms with van der Waals surface area (Å²) in [7, 11) is -3.61. The fourth-order valence-electron chi connectivity index (χ4n) is 2.81. The first-order chi connectivity index (χ1) is 12.0. The lowest BCUT2D eigenvalue weighted by molar-refractivity contribution is 0.0699. The second-order valence-corrected chi connectivity index (χ2v) is 7.84. The van der Waals surface area contributed by atoms with Crippen LogP contribution in [0.25, 0.3) is 0 Å². The van der Waals surface area contributed by atoms with Crippen molar-refractivity contribution in [3.63, 3.8) is 0 Å². The van der Waals surface area contributed by atoms with E-state index in [4.69, 9.17) is 10.5 Å². The number of nitrogen functional groups attached to an aromatic ring is 1. The van der Waals surface area contributed by atoms with Gasteiger partial charge >= 0.3 is 0 Å². The molecule has 2 aromatic rings. The predicted octanol–water partition coefficient (Wildman–Crippen LogP) is 2.91. The summed E-state index contributed by atoms with van der Waals surface area (Å²) in [5.74, 6) is 0.574. The van der Waals surface area contributed by atoms with Crippen molar-refractivity contribution in [2.75, 3.05) is 35.5 Å². The second kappa shape index (κ2) is 7.76. The molecule has 0 radical (unpaired) electrons. The molecule has 2 aromatic carbocycles. The first-order valence-electron chi connectivity index (χ1n) is 8.33. The molecule has 1 aliphatic rings. The first kappa shape index (κ1) is 17.6. The summed E-state index contributed by atoms with van der Waals surface area (Å²) in [5.41, 5.74) is 7.84. The average molecular weight is 361 g/mol. The average Bonchev–Trinajstić information content (AvgIpc) is 2.62. The van der Waals surface area contributed by atoms with E-state index in [1.54, 1.807) is 48.5 Å². The zero-order valence-electron chi connectivity index (χ0n) is 13.9. The van der Waals surface area contributed by atoms with Gasteiger partial charge in [-0.3, -0.25) is 4.72 Å². The molecule has 0 aromatic heterocycles. The molecular weight excluding hydrogens is 338 g/mol. The number of nitrogens with two attached hydrogens (primary N) is 1. The Bertz CT molecular complexity index is 804. The molecule has 6 nitrogen and oxygen atoms in total. The van der Waals surface area contributed by atoms with Gasteiger partial charge in [-0.15, -0.1) is 0 Å². The van der Waals surface area contributed by atoms with Gasteiger partial charge in [-0.1, -0.05) is 18.2 Å². The second-order valence-electron chi connectivity index (χ2n) is 6.16. The largest absolute Gasteiger partial charge is 0.397 e. The van der Waals surface area contributed by atoms with E-state index in [-0.39, 0.29) is 4.90 Å². The monoisotopic (exact) mass is 361 g/mol. The number of rotatable bonds is 6. The van der Waals surface area contributed by atoms with Crippen molar-refractivity contribution in [3.8, 4) is 0 Å². The molecule has 134 valence electrons. The van der Waals surface area contributed by atoms with Gasteiger partial charge in [0.25, 0.3) is 10.0 Å². The summed E-state index contributed by atoms with van der Waals surface area (Å²) < 4.78 is 32.6. The van der Waals surface area contributed by atoms with Crippen LogP contribution in [0.5, 0.6) is 0 Å². The van der Waals surface area contributed by atoms with Crippen molar-refractivity contribution >= 4 is 27.1 Å². The van der Waals surface area contributed by atoms with Gasteiger partial charge in [0.15, 0.2) is 0 Å². The molecule has 0 aliphatic carbocycles. The third kappa shape index (κ3) is 4.64. The Labute approximate surface area is 148 Å². The van der Waals surface area contributed by atoms with E-state index in [0.29, 0.717) is 17.3 Å². The smallest absolute Gasteiger partial charge is 0.261 e. The van der Waals surface area contributed by atoms with Gasteiger partial charge < -0.3 is 15.8 Å². The van der Waals surface area contributed by atoms with Crippen LogP contribution in [0.4, 0.5) is 17.1 Å². The Hall–Kier alpha value is -2.25. The van der Waals surface area contributed by atoms with Gasteiger partial charge in [-0.25, -0.2) is 8.42 Å². The van der Waals surface area contributed by atoms with E-state index in [0.717, 1.165) is 38.3 Å². The fourth-order valence-corrected chi connectivity index (χ4v) is 3.88. The SMILES string of the molecule is Nc1cc(NS(=O)(=O)c2ccccc2)ccc1NCC1CCOCC1. The molecule has 1 fully saturated rings. The van der Waals surface area contributed by atoms with E-state index in [9.17, 15) is 8.42 Å². The van der Waals surface area contributed by atoms with E-state index in [1.165, 1.54) is 0 Å². The molecule has 3 rings (SSSR count). The molecular formula is C18H23N3O3S. The van der Waals surface area contributed by atoms with Crippen LogP contribution in [0.3, 0.4) is 0 Å².